The van der Waals surface area contributed by atoms with Crippen molar-refractivity contribution in [2.75, 3.05) is 5.32 Å². The first-order valence-electron chi connectivity index (χ1n) is 7.43. The van der Waals surface area contributed by atoms with E-state index in [9.17, 15) is 14.9 Å². The van der Waals surface area contributed by atoms with Crippen LogP contribution >= 0.6 is 11.3 Å². The average Bonchev–Trinajstić information content (AvgIpc) is 3.07. The normalized spacial score (nSPS) is 12.5. The highest BCUT2D eigenvalue weighted by Crippen LogP contribution is 2.38. The van der Waals surface area contributed by atoms with Crippen LogP contribution in [0.1, 0.15) is 39.7 Å². The van der Waals surface area contributed by atoms with Crippen LogP contribution in [0.5, 0.6) is 0 Å². The Morgan fingerprint density at radius 3 is 3.00 bits per heavy atom. The molecule has 1 amide bonds. The van der Waals surface area contributed by atoms with Gasteiger partial charge in [0.15, 0.2) is 18.2 Å². The first-order valence-corrected chi connectivity index (χ1v) is 8.24. The third-order valence-electron chi connectivity index (χ3n) is 3.88. The van der Waals surface area contributed by atoms with Gasteiger partial charge in [-0.05, 0) is 37.8 Å². The Kier molecular flexibility index (Phi) is 4.22. The summed E-state index contributed by atoms with van der Waals surface area (Å²) in [6, 6.07) is 5.67. The van der Waals surface area contributed by atoms with Gasteiger partial charge in [0.25, 0.3) is 5.91 Å². The minimum absolute atomic E-state index is 0.0405. The summed E-state index contributed by atoms with van der Waals surface area (Å²) in [5, 5.41) is 12.8. The molecule has 3 rings (SSSR count). The number of rotatable bonds is 4. The van der Waals surface area contributed by atoms with E-state index in [4.69, 9.17) is 0 Å². The molecule has 0 saturated carbocycles. The summed E-state index contributed by atoms with van der Waals surface area (Å²) >= 11 is 1.50. The molecule has 0 radical (unpaired) electrons. The predicted molar refractivity (Wildman–Crippen MR) is 86.3 cm³/mol. The monoisotopic (exact) mass is 326 g/mol. The Morgan fingerprint density at radius 2 is 2.26 bits per heavy atom. The van der Waals surface area contributed by atoms with Crippen LogP contribution in [0.15, 0.2) is 24.5 Å². The molecule has 0 aromatic carbocycles. The molecule has 0 spiro atoms. The van der Waals surface area contributed by atoms with E-state index in [1.165, 1.54) is 23.1 Å². The van der Waals surface area contributed by atoms with Crippen LogP contribution < -0.4 is 9.88 Å². The maximum Gasteiger partial charge on any atom is 0.290 e. The van der Waals surface area contributed by atoms with Gasteiger partial charge in [-0.15, -0.1) is 11.3 Å². The quantitative estimate of drug-likeness (QED) is 0.692. The number of Topliss-reactive ketones (excluding diaryl/α,β-unsaturated/α-hetero) is 1. The van der Waals surface area contributed by atoms with Gasteiger partial charge in [-0.25, -0.2) is 0 Å². The van der Waals surface area contributed by atoms with Gasteiger partial charge in [-0.1, -0.05) is 0 Å². The number of aromatic nitrogens is 1. The lowest BCUT2D eigenvalue weighted by Crippen LogP contribution is -2.40. The molecule has 6 heteroatoms. The van der Waals surface area contributed by atoms with Crippen LogP contribution in [0, 0.1) is 11.3 Å². The van der Waals surface area contributed by atoms with E-state index in [1.807, 2.05) is 0 Å². The van der Waals surface area contributed by atoms with Gasteiger partial charge in [-0.2, -0.15) is 9.83 Å². The van der Waals surface area contributed by atoms with Crippen LogP contribution in [-0.2, 0) is 24.2 Å². The average molecular weight is 326 g/mol. The van der Waals surface area contributed by atoms with E-state index in [-0.39, 0.29) is 18.2 Å². The van der Waals surface area contributed by atoms with Crippen molar-refractivity contribution >= 4 is 28.0 Å². The second-order valence-corrected chi connectivity index (χ2v) is 6.65. The number of fused-ring (bicyclic) bond motifs is 1. The number of ketones is 1. The molecule has 0 atom stereocenters. The molecule has 1 aliphatic rings. The Bertz CT molecular complexity index is 833. The summed E-state index contributed by atoms with van der Waals surface area (Å²) in [6.45, 7) is 1.60. The van der Waals surface area contributed by atoms with E-state index in [2.05, 4.69) is 11.4 Å². The summed E-state index contributed by atoms with van der Waals surface area (Å²) in [5.74, 6) is -0.242. The van der Waals surface area contributed by atoms with Gasteiger partial charge in [0.05, 0.1) is 11.1 Å². The number of hydrogen-bond acceptors (Lipinski definition) is 4. The lowest BCUT2D eigenvalue weighted by molar-refractivity contribution is -0.684. The number of nitrogens with zero attached hydrogens (tertiary/aromatic N) is 2. The largest absolute Gasteiger partial charge is 0.311 e. The smallest absolute Gasteiger partial charge is 0.290 e. The van der Waals surface area contributed by atoms with E-state index < -0.39 is 0 Å². The number of nitriles is 1. The minimum atomic E-state index is -0.202. The Balaban J connectivity index is 1.75. The molecule has 2 aromatic heterocycles. The number of amides is 1. The number of carbonyl (C=O) groups is 2. The first kappa shape index (κ1) is 15.4. The summed E-state index contributed by atoms with van der Waals surface area (Å²) < 4.78 is 1.67. The van der Waals surface area contributed by atoms with Crippen molar-refractivity contribution in [3.8, 4) is 6.07 Å². The first-order chi connectivity index (χ1) is 11.1. The van der Waals surface area contributed by atoms with Crippen molar-refractivity contribution in [1.82, 2.24) is 0 Å². The van der Waals surface area contributed by atoms with Crippen molar-refractivity contribution in [2.45, 2.75) is 32.7 Å². The number of carbonyl (C=O) groups excluding carboxylic acids is 2. The van der Waals surface area contributed by atoms with E-state index in [0.29, 0.717) is 16.1 Å². The van der Waals surface area contributed by atoms with Crippen LogP contribution in [0.3, 0.4) is 0 Å². The van der Waals surface area contributed by atoms with Gasteiger partial charge in [0.2, 0.25) is 6.54 Å². The molecule has 0 aliphatic heterocycles. The molecule has 0 bridgehead atoms. The molecular formula is C17H16N3O2S+. The Labute approximate surface area is 138 Å². The molecule has 0 unspecified atom stereocenters. The second-order valence-electron chi connectivity index (χ2n) is 5.54. The third kappa shape index (κ3) is 3.15. The van der Waals surface area contributed by atoms with Gasteiger partial charge in [0, 0.05) is 10.9 Å². The van der Waals surface area contributed by atoms with Crippen molar-refractivity contribution in [3.63, 3.8) is 0 Å². The highest BCUT2D eigenvalue weighted by molar-refractivity contribution is 7.16. The maximum absolute atomic E-state index is 12.2. The summed E-state index contributed by atoms with van der Waals surface area (Å²) in [4.78, 5) is 24.8. The maximum atomic E-state index is 12.2. The predicted octanol–water partition coefficient (Wildman–Crippen LogP) is 2.24. The number of aryl methyl sites for hydroxylation is 1. The van der Waals surface area contributed by atoms with Gasteiger partial charge < -0.3 is 5.32 Å². The van der Waals surface area contributed by atoms with E-state index in [1.54, 1.807) is 29.1 Å². The minimum Gasteiger partial charge on any atom is -0.311 e. The zero-order valence-electron chi connectivity index (χ0n) is 12.8. The second kappa shape index (κ2) is 6.31. The number of thiophene rings is 1. The van der Waals surface area contributed by atoms with Crippen LogP contribution in [-0.4, -0.2) is 11.7 Å². The van der Waals surface area contributed by atoms with Crippen molar-refractivity contribution in [2.24, 2.45) is 0 Å². The standard InChI is InChI=1S/C17H15N3O2S/c1-11(21)12-4-3-7-20(9-12)10-16(22)19-17-14(8-18)13-5-2-6-15(13)23-17/h3-4,7,9H,2,5-6,10H2,1H3/p+1. The molecule has 1 aliphatic carbocycles. The van der Waals surface area contributed by atoms with Gasteiger partial charge in [0.1, 0.15) is 11.1 Å². The lowest BCUT2D eigenvalue weighted by Gasteiger charge is -2.02. The van der Waals surface area contributed by atoms with E-state index in [0.717, 1.165) is 24.8 Å². The Morgan fingerprint density at radius 1 is 1.43 bits per heavy atom. The lowest BCUT2D eigenvalue weighted by atomic mass is 10.1. The van der Waals surface area contributed by atoms with E-state index >= 15 is 0 Å². The molecule has 2 aromatic rings. The third-order valence-corrected chi connectivity index (χ3v) is 5.08. The zero-order valence-corrected chi connectivity index (χ0v) is 13.6. The number of hydrogen-bond donors (Lipinski definition) is 1. The van der Waals surface area contributed by atoms with Crippen LogP contribution in [0.25, 0.3) is 0 Å². The number of pyridine rings is 1. The fraction of sp³-hybridized carbons (Fsp3) is 0.294. The molecular weight excluding hydrogens is 310 g/mol. The summed E-state index contributed by atoms with van der Waals surface area (Å²) in [6.07, 6.45) is 6.38. The topological polar surface area (TPSA) is 73.8 Å². The van der Waals surface area contributed by atoms with Crippen molar-refractivity contribution in [3.05, 3.63) is 46.1 Å². The molecule has 116 valence electrons. The summed E-state index contributed by atoms with van der Waals surface area (Å²) in [7, 11) is 0. The molecule has 1 N–H and O–H groups in total. The molecule has 0 fully saturated rings. The zero-order chi connectivity index (χ0) is 16.4. The Hall–Kier alpha value is -2.52. The highest BCUT2D eigenvalue weighted by atomic mass is 32.1. The number of anilines is 1. The van der Waals surface area contributed by atoms with Gasteiger partial charge >= 0.3 is 0 Å². The molecule has 5 nitrogen and oxygen atoms in total. The van der Waals surface area contributed by atoms with Gasteiger partial charge in [-0.3, -0.25) is 9.59 Å². The summed E-state index contributed by atoms with van der Waals surface area (Å²) in [5.41, 5.74) is 2.27. The SMILES string of the molecule is CC(=O)c1ccc[n+](CC(=O)Nc2sc3c(c2C#N)CCC3)c1. The van der Waals surface area contributed by atoms with Crippen molar-refractivity contribution < 1.29 is 14.2 Å². The fourth-order valence-electron chi connectivity index (χ4n) is 2.77. The highest BCUT2D eigenvalue weighted by Gasteiger charge is 2.23. The van der Waals surface area contributed by atoms with Crippen molar-refractivity contribution in [1.29, 1.82) is 5.26 Å². The van der Waals surface area contributed by atoms with Crippen LogP contribution in [0.2, 0.25) is 0 Å². The van der Waals surface area contributed by atoms with Crippen LogP contribution in [0.4, 0.5) is 5.00 Å². The molecule has 0 saturated heterocycles. The fourth-order valence-corrected chi connectivity index (χ4v) is 4.03. The number of nitrogens with one attached hydrogen (secondary N) is 1. The molecule has 2 heterocycles. The molecule has 23 heavy (non-hydrogen) atoms.